The first-order valence-electron chi connectivity index (χ1n) is 11.7. The van der Waals surface area contributed by atoms with Crippen LogP contribution in [-0.4, -0.2) is 28.0 Å². The summed E-state index contributed by atoms with van der Waals surface area (Å²) in [5, 5.41) is 0.989. The van der Waals surface area contributed by atoms with Crippen LogP contribution >= 0.6 is 0 Å². The molecule has 1 saturated carbocycles. The molecule has 2 aromatic carbocycles. The van der Waals surface area contributed by atoms with Gasteiger partial charge in [-0.2, -0.15) is 13.2 Å². The van der Waals surface area contributed by atoms with Crippen LogP contribution in [0.1, 0.15) is 37.7 Å². The number of aromatic nitrogens is 3. The van der Waals surface area contributed by atoms with E-state index in [0.717, 1.165) is 49.1 Å². The third kappa shape index (κ3) is 5.06. The van der Waals surface area contributed by atoms with E-state index in [-0.39, 0.29) is 6.04 Å². The minimum absolute atomic E-state index is 0.189. The van der Waals surface area contributed by atoms with Crippen molar-refractivity contribution in [1.29, 1.82) is 0 Å². The second-order valence-corrected chi connectivity index (χ2v) is 8.83. The molecule has 0 unspecified atom stereocenters. The Kier molecular flexibility index (Phi) is 6.28. The van der Waals surface area contributed by atoms with Crippen molar-refractivity contribution in [2.75, 3.05) is 11.9 Å². The minimum Gasteiger partial charge on any atom is -0.439 e. The molecular formula is C27H25F3N4O. The normalized spacial score (nSPS) is 14.7. The van der Waals surface area contributed by atoms with Crippen LogP contribution in [-0.2, 0) is 6.18 Å². The summed E-state index contributed by atoms with van der Waals surface area (Å²) in [7, 11) is 1.87. The molecular weight excluding hydrogens is 453 g/mol. The lowest BCUT2D eigenvalue weighted by atomic mass is 9.93. The first-order valence-corrected chi connectivity index (χ1v) is 11.7. The van der Waals surface area contributed by atoms with Crippen LogP contribution in [0, 0.1) is 0 Å². The van der Waals surface area contributed by atoms with Crippen molar-refractivity contribution < 1.29 is 17.9 Å². The molecule has 0 spiro atoms. The Morgan fingerprint density at radius 3 is 2.54 bits per heavy atom. The molecule has 5 nitrogen and oxygen atoms in total. The molecule has 0 saturated heterocycles. The number of rotatable bonds is 5. The quantitative estimate of drug-likeness (QED) is 0.302. The summed E-state index contributed by atoms with van der Waals surface area (Å²) >= 11 is 0. The topological polar surface area (TPSA) is 51.1 Å². The van der Waals surface area contributed by atoms with E-state index >= 15 is 0 Å². The van der Waals surface area contributed by atoms with Crippen molar-refractivity contribution in [3.8, 4) is 22.9 Å². The van der Waals surface area contributed by atoms with Gasteiger partial charge in [0.2, 0.25) is 5.88 Å². The summed E-state index contributed by atoms with van der Waals surface area (Å²) in [5.74, 6) is 0.865. The lowest BCUT2D eigenvalue weighted by molar-refractivity contribution is -0.137. The fourth-order valence-electron chi connectivity index (χ4n) is 4.65. The Morgan fingerprint density at radius 1 is 0.914 bits per heavy atom. The maximum Gasteiger partial charge on any atom is 0.416 e. The first kappa shape index (κ1) is 23.1. The lowest BCUT2D eigenvalue weighted by Crippen LogP contribution is -2.33. The van der Waals surface area contributed by atoms with Crippen molar-refractivity contribution in [3.05, 3.63) is 72.7 Å². The van der Waals surface area contributed by atoms with Crippen LogP contribution in [0.5, 0.6) is 11.6 Å². The molecule has 2 heterocycles. The minimum atomic E-state index is -4.43. The van der Waals surface area contributed by atoms with Gasteiger partial charge in [0, 0.05) is 48.1 Å². The molecule has 2 aromatic heterocycles. The van der Waals surface area contributed by atoms with Gasteiger partial charge >= 0.3 is 6.18 Å². The monoisotopic (exact) mass is 478 g/mol. The van der Waals surface area contributed by atoms with Crippen molar-refractivity contribution in [3.63, 3.8) is 0 Å². The van der Waals surface area contributed by atoms with Gasteiger partial charge in [0.15, 0.2) is 0 Å². The van der Waals surface area contributed by atoms with E-state index in [1.807, 2.05) is 42.3 Å². The molecule has 5 rings (SSSR count). The number of pyridine rings is 1. The summed E-state index contributed by atoms with van der Waals surface area (Å²) in [6.45, 7) is 0. The fraction of sp³-hybridized carbons (Fsp3) is 0.296. The number of nitrogens with zero attached hydrogens (tertiary/aromatic N) is 4. The lowest BCUT2D eigenvalue weighted by Gasteiger charge is -2.34. The van der Waals surface area contributed by atoms with Gasteiger partial charge in [-0.15, -0.1) is 0 Å². The largest absolute Gasteiger partial charge is 0.439 e. The molecule has 35 heavy (non-hydrogen) atoms. The SMILES string of the molecule is CN(c1cc(C(F)(F)F)ccc1-c1cc(Oc2ccc3cccnc3c2)ncn1)C1CCCCC1. The number of alkyl halides is 3. The zero-order valence-corrected chi connectivity index (χ0v) is 19.3. The molecule has 180 valence electrons. The van der Waals surface area contributed by atoms with Crippen LogP contribution in [0.4, 0.5) is 18.9 Å². The fourth-order valence-corrected chi connectivity index (χ4v) is 4.65. The van der Waals surface area contributed by atoms with Crippen LogP contribution in [0.15, 0.2) is 67.1 Å². The predicted octanol–water partition coefficient (Wildman–Crippen LogP) is 7.27. The van der Waals surface area contributed by atoms with Gasteiger partial charge in [0.1, 0.15) is 12.1 Å². The number of fused-ring (bicyclic) bond motifs is 1. The smallest absolute Gasteiger partial charge is 0.416 e. The second-order valence-electron chi connectivity index (χ2n) is 8.83. The van der Waals surface area contributed by atoms with E-state index in [1.54, 1.807) is 12.3 Å². The summed E-state index contributed by atoms with van der Waals surface area (Å²) in [4.78, 5) is 14.9. The van der Waals surface area contributed by atoms with Crippen molar-refractivity contribution in [2.45, 2.75) is 44.3 Å². The Labute approximate surface area is 201 Å². The Morgan fingerprint density at radius 2 is 1.74 bits per heavy atom. The Balaban J connectivity index is 1.50. The predicted molar refractivity (Wildman–Crippen MR) is 130 cm³/mol. The van der Waals surface area contributed by atoms with E-state index in [4.69, 9.17) is 4.74 Å². The third-order valence-electron chi connectivity index (χ3n) is 6.55. The standard InChI is InChI=1S/C27H25F3N4O/c1-34(20-7-3-2-4-8-20)25-14-19(27(28,29)30)10-12-22(25)24-16-26(33-17-32-24)35-21-11-9-18-6-5-13-31-23(18)15-21/h5-6,9-17,20H,2-4,7-8H2,1H3. The average Bonchev–Trinajstić information content (AvgIpc) is 2.88. The molecule has 1 aliphatic carbocycles. The molecule has 0 amide bonds. The second kappa shape index (κ2) is 9.52. The molecule has 8 heteroatoms. The number of hydrogen-bond acceptors (Lipinski definition) is 5. The highest BCUT2D eigenvalue weighted by Crippen LogP contribution is 2.39. The van der Waals surface area contributed by atoms with Crippen LogP contribution in [0.3, 0.4) is 0 Å². The molecule has 0 N–H and O–H groups in total. The highest BCUT2D eigenvalue weighted by molar-refractivity contribution is 5.80. The van der Waals surface area contributed by atoms with Gasteiger partial charge in [0.25, 0.3) is 0 Å². The number of halogens is 3. The zero-order chi connectivity index (χ0) is 24.4. The highest BCUT2D eigenvalue weighted by atomic mass is 19.4. The summed E-state index contributed by atoms with van der Waals surface area (Å²) in [6.07, 6.45) is 3.89. The van der Waals surface area contributed by atoms with Crippen molar-refractivity contribution >= 4 is 16.6 Å². The van der Waals surface area contributed by atoms with Gasteiger partial charge in [-0.05, 0) is 43.2 Å². The van der Waals surface area contributed by atoms with Crippen molar-refractivity contribution in [2.24, 2.45) is 0 Å². The van der Waals surface area contributed by atoms with E-state index in [2.05, 4.69) is 15.0 Å². The van der Waals surface area contributed by atoms with Crippen LogP contribution in [0.25, 0.3) is 22.2 Å². The Bertz CT molecular complexity index is 1340. The van der Waals surface area contributed by atoms with Gasteiger partial charge in [-0.25, -0.2) is 9.97 Å². The van der Waals surface area contributed by atoms with Gasteiger partial charge in [-0.1, -0.05) is 31.4 Å². The molecule has 0 bridgehead atoms. The average molecular weight is 479 g/mol. The number of hydrogen-bond donors (Lipinski definition) is 0. The summed E-state index contributed by atoms with van der Waals surface area (Å²) < 4.78 is 46.6. The van der Waals surface area contributed by atoms with Crippen LogP contribution < -0.4 is 9.64 Å². The third-order valence-corrected chi connectivity index (χ3v) is 6.55. The van der Waals surface area contributed by atoms with E-state index in [1.165, 1.54) is 18.5 Å². The van der Waals surface area contributed by atoms with E-state index in [9.17, 15) is 13.2 Å². The number of anilines is 1. The number of benzene rings is 2. The summed E-state index contributed by atoms with van der Waals surface area (Å²) in [6, 6.07) is 15.0. The molecule has 1 fully saturated rings. The van der Waals surface area contributed by atoms with Crippen LogP contribution in [0.2, 0.25) is 0 Å². The number of ether oxygens (including phenoxy) is 1. The molecule has 1 aliphatic rings. The molecule has 0 aliphatic heterocycles. The maximum atomic E-state index is 13.6. The molecule has 0 atom stereocenters. The highest BCUT2D eigenvalue weighted by Gasteiger charge is 2.32. The van der Waals surface area contributed by atoms with E-state index in [0.29, 0.717) is 28.6 Å². The zero-order valence-electron chi connectivity index (χ0n) is 19.3. The summed E-state index contributed by atoms with van der Waals surface area (Å²) in [5.41, 5.74) is 1.73. The van der Waals surface area contributed by atoms with Gasteiger partial charge < -0.3 is 9.64 Å². The van der Waals surface area contributed by atoms with Gasteiger partial charge in [0.05, 0.1) is 16.8 Å². The first-order chi connectivity index (χ1) is 16.9. The maximum absolute atomic E-state index is 13.6. The van der Waals surface area contributed by atoms with E-state index < -0.39 is 11.7 Å². The Hall–Kier alpha value is -3.68. The van der Waals surface area contributed by atoms with Gasteiger partial charge in [-0.3, -0.25) is 4.98 Å². The molecule has 4 aromatic rings. The van der Waals surface area contributed by atoms with Crippen molar-refractivity contribution in [1.82, 2.24) is 15.0 Å². The molecule has 0 radical (unpaired) electrons.